The fourth-order valence-corrected chi connectivity index (χ4v) is 3.55. The molecule has 1 atom stereocenters. The third-order valence-corrected chi connectivity index (χ3v) is 5.19. The molecule has 0 bridgehead atoms. The summed E-state index contributed by atoms with van der Waals surface area (Å²) < 4.78 is 0. The fourth-order valence-electron chi connectivity index (χ4n) is 3.55. The molecule has 0 aromatic carbocycles. The van der Waals surface area contributed by atoms with Gasteiger partial charge in [0.15, 0.2) is 5.96 Å². The molecule has 3 rings (SSSR count). The van der Waals surface area contributed by atoms with Crippen LogP contribution >= 0.6 is 24.0 Å². The highest BCUT2D eigenvalue weighted by Gasteiger charge is 2.34. The maximum Gasteiger partial charge on any atom is 0.243 e. The second-order valence-corrected chi connectivity index (χ2v) is 7.43. The van der Waals surface area contributed by atoms with E-state index in [1.807, 2.05) is 0 Å². The molecule has 3 fully saturated rings. The van der Waals surface area contributed by atoms with Crippen LogP contribution in [-0.2, 0) is 4.79 Å². The van der Waals surface area contributed by atoms with Crippen molar-refractivity contribution in [3.05, 3.63) is 0 Å². The Kier molecular flexibility index (Phi) is 7.59. The highest BCUT2D eigenvalue weighted by molar-refractivity contribution is 14.0. The number of hydrogen-bond donors (Lipinski definition) is 2. The van der Waals surface area contributed by atoms with Crippen molar-refractivity contribution in [1.29, 1.82) is 0 Å². The predicted octanol–water partition coefficient (Wildman–Crippen LogP) is 1.41. The van der Waals surface area contributed by atoms with Gasteiger partial charge in [0.05, 0.1) is 0 Å². The zero-order valence-corrected chi connectivity index (χ0v) is 17.3. The molecule has 1 heterocycles. The van der Waals surface area contributed by atoms with E-state index in [1.54, 1.807) is 19.0 Å². The Morgan fingerprint density at radius 2 is 1.75 bits per heavy atom. The number of nitrogens with zero attached hydrogens (tertiary/aromatic N) is 3. The van der Waals surface area contributed by atoms with Gasteiger partial charge in [0.2, 0.25) is 5.91 Å². The van der Waals surface area contributed by atoms with Crippen LogP contribution < -0.4 is 10.6 Å². The van der Waals surface area contributed by atoms with Crippen molar-refractivity contribution in [3.8, 4) is 0 Å². The van der Waals surface area contributed by atoms with Crippen LogP contribution in [0.25, 0.3) is 0 Å². The van der Waals surface area contributed by atoms with Gasteiger partial charge in [-0.25, -0.2) is 4.99 Å². The lowest BCUT2D eigenvalue weighted by Crippen LogP contribution is -2.48. The Bertz CT molecular complexity index is 446. The average Bonchev–Trinajstić information content (AvgIpc) is 3.05. The standard InChI is InChI=1S/C17H31N5O.HI/c1-21(2)16(23)11-18-17(19-13-5-3-4-6-13)20-14-9-10-22(12-14)15-7-8-15;/h13-15H,3-12H2,1-2H3,(H2,18,19,20);1H. The third kappa shape index (κ3) is 5.75. The van der Waals surface area contributed by atoms with Crippen molar-refractivity contribution < 1.29 is 4.79 Å². The molecule has 1 amide bonds. The quantitative estimate of drug-likeness (QED) is 0.379. The van der Waals surface area contributed by atoms with Crippen LogP contribution in [0.15, 0.2) is 4.99 Å². The van der Waals surface area contributed by atoms with Crippen LogP contribution in [0.4, 0.5) is 0 Å². The van der Waals surface area contributed by atoms with Gasteiger partial charge in [0.25, 0.3) is 0 Å². The van der Waals surface area contributed by atoms with Gasteiger partial charge >= 0.3 is 0 Å². The van der Waals surface area contributed by atoms with Gasteiger partial charge in [-0.2, -0.15) is 0 Å². The van der Waals surface area contributed by atoms with E-state index in [0.717, 1.165) is 18.5 Å². The van der Waals surface area contributed by atoms with Crippen LogP contribution in [-0.4, -0.2) is 73.5 Å². The molecule has 2 N–H and O–H groups in total. The summed E-state index contributed by atoms with van der Waals surface area (Å²) in [5.74, 6) is 0.873. The summed E-state index contributed by atoms with van der Waals surface area (Å²) in [6.45, 7) is 2.52. The normalized spacial score (nSPS) is 25.4. The second kappa shape index (κ2) is 9.22. The molecule has 2 aliphatic carbocycles. The van der Waals surface area contributed by atoms with E-state index >= 15 is 0 Å². The van der Waals surface area contributed by atoms with E-state index in [-0.39, 0.29) is 36.4 Å². The minimum absolute atomic E-state index is 0. The molecule has 6 nitrogen and oxygen atoms in total. The number of rotatable bonds is 5. The van der Waals surface area contributed by atoms with Gasteiger partial charge in [-0.3, -0.25) is 9.69 Å². The monoisotopic (exact) mass is 449 g/mol. The summed E-state index contributed by atoms with van der Waals surface area (Å²) in [6, 6.07) is 1.80. The first-order valence-corrected chi connectivity index (χ1v) is 9.13. The Balaban J connectivity index is 0.00000208. The first-order chi connectivity index (χ1) is 11.1. The molecule has 24 heavy (non-hydrogen) atoms. The minimum atomic E-state index is 0. The summed E-state index contributed by atoms with van der Waals surface area (Å²) in [4.78, 5) is 20.6. The number of guanidine groups is 1. The van der Waals surface area contributed by atoms with Gasteiger partial charge in [0, 0.05) is 45.3 Å². The molecule has 7 heteroatoms. The topological polar surface area (TPSA) is 60.0 Å². The van der Waals surface area contributed by atoms with Crippen molar-refractivity contribution in [2.75, 3.05) is 33.7 Å². The summed E-state index contributed by atoms with van der Waals surface area (Å²) in [5.41, 5.74) is 0. The van der Waals surface area contributed by atoms with Gasteiger partial charge in [-0.05, 0) is 32.1 Å². The van der Waals surface area contributed by atoms with Crippen molar-refractivity contribution in [3.63, 3.8) is 0 Å². The van der Waals surface area contributed by atoms with E-state index in [0.29, 0.717) is 12.1 Å². The molecule has 3 aliphatic rings. The highest BCUT2D eigenvalue weighted by Crippen LogP contribution is 2.29. The Hall–Kier alpha value is -0.570. The molecular weight excluding hydrogens is 417 g/mol. The largest absolute Gasteiger partial charge is 0.354 e. The molecule has 1 unspecified atom stereocenters. The first-order valence-electron chi connectivity index (χ1n) is 9.13. The van der Waals surface area contributed by atoms with Crippen LogP contribution in [0, 0.1) is 0 Å². The number of amides is 1. The number of aliphatic imine (C=N–C) groups is 1. The first kappa shape index (κ1) is 19.8. The number of carbonyl (C=O) groups excluding carboxylic acids is 1. The van der Waals surface area contributed by atoms with Crippen LogP contribution in [0.2, 0.25) is 0 Å². The number of hydrogen-bond acceptors (Lipinski definition) is 3. The molecule has 0 aromatic heterocycles. The van der Waals surface area contributed by atoms with Crippen molar-refractivity contribution in [2.24, 2.45) is 4.99 Å². The lowest BCUT2D eigenvalue weighted by atomic mass is 10.2. The lowest BCUT2D eigenvalue weighted by Gasteiger charge is -2.22. The molecule has 1 aliphatic heterocycles. The zero-order valence-electron chi connectivity index (χ0n) is 15.0. The smallest absolute Gasteiger partial charge is 0.243 e. The predicted molar refractivity (Wildman–Crippen MR) is 108 cm³/mol. The molecule has 0 spiro atoms. The summed E-state index contributed by atoms with van der Waals surface area (Å²) in [6.07, 6.45) is 8.91. The van der Waals surface area contributed by atoms with Crippen molar-refractivity contribution in [1.82, 2.24) is 20.4 Å². The maximum atomic E-state index is 11.8. The van der Waals surface area contributed by atoms with Crippen LogP contribution in [0.5, 0.6) is 0 Å². The molecular formula is C17H32IN5O. The zero-order chi connectivity index (χ0) is 16.2. The number of likely N-dealkylation sites (N-methyl/N-ethyl adjacent to an activating group) is 1. The maximum absolute atomic E-state index is 11.8. The fraction of sp³-hybridized carbons (Fsp3) is 0.882. The lowest BCUT2D eigenvalue weighted by molar-refractivity contribution is -0.127. The van der Waals surface area contributed by atoms with Crippen molar-refractivity contribution >= 4 is 35.8 Å². The highest BCUT2D eigenvalue weighted by atomic mass is 127. The Morgan fingerprint density at radius 1 is 1.08 bits per heavy atom. The van der Waals surface area contributed by atoms with E-state index in [9.17, 15) is 4.79 Å². The Labute approximate surface area is 162 Å². The number of likely N-dealkylation sites (tertiary alicyclic amines) is 1. The summed E-state index contributed by atoms with van der Waals surface area (Å²) in [7, 11) is 3.56. The average molecular weight is 449 g/mol. The molecule has 138 valence electrons. The van der Waals surface area contributed by atoms with E-state index in [2.05, 4.69) is 20.5 Å². The molecule has 0 radical (unpaired) electrons. The van der Waals surface area contributed by atoms with Gasteiger partial charge in [-0.1, -0.05) is 12.8 Å². The molecule has 2 saturated carbocycles. The van der Waals surface area contributed by atoms with Crippen molar-refractivity contribution in [2.45, 2.75) is 63.1 Å². The Morgan fingerprint density at radius 3 is 2.38 bits per heavy atom. The van der Waals surface area contributed by atoms with Gasteiger partial charge in [0.1, 0.15) is 6.54 Å². The number of carbonyl (C=O) groups is 1. The molecule has 1 saturated heterocycles. The summed E-state index contributed by atoms with van der Waals surface area (Å²) in [5, 5.41) is 7.12. The van der Waals surface area contributed by atoms with Crippen LogP contribution in [0.1, 0.15) is 44.9 Å². The van der Waals surface area contributed by atoms with Gasteiger partial charge < -0.3 is 15.5 Å². The molecule has 0 aromatic rings. The summed E-state index contributed by atoms with van der Waals surface area (Å²) >= 11 is 0. The second-order valence-electron chi connectivity index (χ2n) is 7.43. The number of halogens is 1. The van der Waals surface area contributed by atoms with Gasteiger partial charge in [-0.15, -0.1) is 24.0 Å². The van der Waals surface area contributed by atoms with E-state index in [4.69, 9.17) is 0 Å². The van der Waals surface area contributed by atoms with E-state index < -0.39 is 0 Å². The van der Waals surface area contributed by atoms with Crippen LogP contribution in [0.3, 0.4) is 0 Å². The van der Waals surface area contributed by atoms with E-state index in [1.165, 1.54) is 51.5 Å². The third-order valence-electron chi connectivity index (χ3n) is 5.19. The number of nitrogens with one attached hydrogen (secondary N) is 2. The SMILES string of the molecule is CN(C)C(=O)CN=C(NC1CCCC1)NC1CCN(C2CC2)C1.I. The minimum Gasteiger partial charge on any atom is -0.354 e.